The van der Waals surface area contributed by atoms with E-state index in [9.17, 15) is 4.79 Å². The lowest BCUT2D eigenvalue weighted by molar-refractivity contribution is 0.0953. The molecule has 17 heavy (non-hydrogen) atoms. The molecule has 0 spiro atoms. The van der Waals surface area contributed by atoms with Crippen LogP contribution in [0.4, 0.5) is 0 Å². The molecule has 0 aliphatic carbocycles. The molecular formula is C10H13N5O2. The number of nitrogens with zero attached hydrogens (tertiary/aromatic N) is 3. The molecule has 2 aromatic heterocycles. The van der Waals surface area contributed by atoms with Crippen LogP contribution in [0.2, 0.25) is 0 Å². The predicted molar refractivity (Wildman–Crippen MR) is 58.4 cm³/mol. The zero-order valence-electron chi connectivity index (χ0n) is 9.65. The highest BCUT2D eigenvalue weighted by Crippen LogP contribution is 2.08. The third-order valence-electron chi connectivity index (χ3n) is 2.40. The van der Waals surface area contributed by atoms with Crippen molar-refractivity contribution in [1.29, 1.82) is 0 Å². The fourth-order valence-corrected chi connectivity index (χ4v) is 1.56. The molecule has 0 aliphatic heterocycles. The highest BCUT2D eigenvalue weighted by molar-refractivity contribution is 5.96. The Bertz CT molecular complexity index is 483. The number of amides is 1. The van der Waals surface area contributed by atoms with E-state index < -0.39 is 0 Å². The van der Waals surface area contributed by atoms with Crippen LogP contribution >= 0.6 is 0 Å². The van der Waals surface area contributed by atoms with Gasteiger partial charge in [0.15, 0.2) is 5.82 Å². The van der Waals surface area contributed by atoms with Gasteiger partial charge in [-0.2, -0.15) is 10.1 Å². The zero-order chi connectivity index (χ0) is 12.3. The van der Waals surface area contributed by atoms with Gasteiger partial charge < -0.3 is 9.84 Å². The molecule has 2 N–H and O–H groups in total. The Hall–Kier alpha value is -2.18. The maximum absolute atomic E-state index is 11.8. The van der Waals surface area contributed by atoms with Crippen LogP contribution in [0.3, 0.4) is 0 Å². The number of carbonyl (C=O) groups excluding carboxylic acids is 1. The molecule has 2 heterocycles. The maximum Gasteiger partial charge on any atom is 0.255 e. The summed E-state index contributed by atoms with van der Waals surface area (Å²) in [6, 6.07) is 0. The van der Waals surface area contributed by atoms with Crippen LogP contribution in [-0.2, 0) is 6.42 Å². The van der Waals surface area contributed by atoms with Crippen LogP contribution < -0.4 is 5.32 Å². The predicted octanol–water partition coefficient (Wildman–Crippen LogP) is 0.382. The number of carbonyl (C=O) groups is 1. The molecule has 0 bridgehead atoms. The molecule has 0 saturated heterocycles. The van der Waals surface area contributed by atoms with Gasteiger partial charge >= 0.3 is 0 Å². The van der Waals surface area contributed by atoms with Crippen molar-refractivity contribution in [3.05, 3.63) is 29.2 Å². The monoisotopic (exact) mass is 235 g/mol. The average Bonchev–Trinajstić information content (AvgIpc) is 2.89. The van der Waals surface area contributed by atoms with Crippen molar-refractivity contribution in [2.45, 2.75) is 20.3 Å². The van der Waals surface area contributed by atoms with Gasteiger partial charge in [-0.1, -0.05) is 5.16 Å². The Morgan fingerprint density at radius 1 is 1.53 bits per heavy atom. The van der Waals surface area contributed by atoms with E-state index >= 15 is 0 Å². The smallest absolute Gasteiger partial charge is 0.255 e. The van der Waals surface area contributed by atoms with Gasteiger partial charge in [-0.05, 0) is 13.8 Å². The number of rotatable bonds is 4. The molecule has 2 rings (SSSR count). The van der Waals surface area contributed by atoms with Crippen molar-refractivity contribution < 1.29 is 9.32 Å². The van der Waals surface area contributed by atoms with Gasteiger partial charge in [0.05, 0.1) is 11.3 Å². The maximum atomic E-state index is 11.8. The first-order valence-corrected chi connectivity index (χ1v) is 5.23. The summed E-state index contributed by atoms with van der Waals surface area (Å²) >= 11 is 0. The van der Waals surface area contributed by atoms with Crippen molar-refractivity contribution in [2.75, 3.05) is 6.54 Å². The Labute approximate surface area is 97.6 Å². The van der Waals surface area contributed by atoms with Gasteiger partial charge in [-0.15, -0.1) is 0 Å². The third-order valence-corrected chi connectivity index (χ3v) is 2.40. The topological polar surface area (TPSA) is 96.7 Å². The molecule has 0 aromatic carbocycles. The summed E-state index contributed by atoms with van der Waals surface area (Å²) in [6.45, 7) is 4.06. The minimum absolute atomic E-state index is 0.141. The lowest BCUT2D eigenvalue weighted by Gasteiger charge is -2.03. The number of aryl methyl sites for hydroxylation is 2. The molecule has 0 atom stereocenters. The fourth-order valence-electron chi connectivity index (χ4n) is 1.56. The van der Waals surface area contributed by atoms with Crippen molar-refractivity contribution >= 4 is 5.91 Å². The molecule has 7 nitrogen and oxygen atoms in total. The highest BCUT2D eigenvalue weighted by Gasteiger charge is 2.14. The summed E-state index contributed by atoms with van der Waals surface area (Å²) in [7, 11) is 0. The van der Waals surface area contributed by atoms with Gasteiger partial charge in [-0.25, -0.2) is 0 Å². The van der Waals surface area contributed by atoms with E-state index in [0.29, 0.717) is 30.0 Å². The minimum Gasteiger partial charge on any atom is -0.351 e. The first-order chi connectivity index (χ1) is 8.18. The Morgan fingerprint density at radius 3 is 2.94 bits per heavy atom. The quantitative estimate of drug-likeness (QED) is 0.798. The lowest BCUT2D eigenvalue weighted by Crippen LogP contribution is -2.26. The van der Waals surface area contributed by atoms with E-state index in [4.69, 9.17) is 0 Å². The molecule has 2 aromatic rings. The third kappa shape index (κ3) is 2.49. The summed E-state index contributed by atoms with van der Waals surface area (Å²) in [6.07, 6.45) is 1.81. The Kier molecular flexibility index (Phi) is 3.17. The second kappa shape index (κ2) is 4.77. The van der Waals surface area contributed by atoms with Gasteiger partial charge in [0.2, 0.25) is 6.39 Å². The van der Waals surface area contributed by atoms with Crippen LogP contribution in [0.5, 0.6) is 0 Å². The highest BCUT2D eigenvalue weighted by atomic mass is 16.5. The van der Waals surface area contributed by atoms with Gasteiger partial charge in [0.1, 0.15) is 0 Å². The van der Waals surface area contributed by atoms with Crippen LogP contribution in [0.15, 0.2) is 10.9 Å². The SMILES string of the molecule is Cc1n[nH]c(C)c1C(=O)NCCc1ncon1. The summed E-state index contributed by atoms with van der Waals surface area (Å²) in [5.41, 5.74) is 2.05. The van der Waals surface area contributed by atoms with Crippen LogP contribution in [0.25, 0.3) is 0 Å². The van der Waals surface area contributed by atoms with Crippen molar-refractivity contribution in [3.63, 3.8) is 0 Å². The standard InChI is InChI=1S/C10H13N5O2/c1-6-9(7(2)14-13-6)10(16)11-4-3-8-12-5-17-15-8/h5H,3-4H2,1-2H3,(H,11,16)(H,13,14). The van der Waals surface area contributed by atoms with Crippen molar-refractivity contribution in [2.24, 2.45) is 0 Å². The van der Waals surface area contributed by atoms with Gasteiger partial charge in [-0.3, -0.25) is 9.89 Å². The molecule has 0 fully saturated rings. The summed E-state index contributed by atoms with van der Waals surface area (Å²) < 4.78 is 4.59. The summed E-state index contributed by atoms with van der Waals surface area (Å²) in [5.74, 6) is 0.434. The molecule has 0 radical (unpaired) electrons. The second-order valence-electron chi connectivity index (χ2n) is 3.66. The number of hydrogen-bond acceptors (Lipinski definition) is 5. The number of aromatic amines is 1. The molecule has 0 unspecified atom stereocenters. The van der Waals surface area contributed by atoms with E-state index in [-0.39, 0.29) is 5.91 Å². The van der Waals surface area contributed by atoms with Gasteiger partial charge in [0, 0.05) is 18.7 Å². The van der Waals surface area contributed by atoms with E-state index in [1.165, 1.54) is 6.39 Å². The average molecular weight is 235 g/mol. The number of hydrogen-bond donors (Lipinski definition) is 2. The molecule has 90 valence electrons. The van der Waals surface area contributed by atoms with E-state index in [2.05, 4.69) is 30.2 Å². The van der Waals surface area contributed by atoms with E-state index in [1.54, 1.807) is 6.92 Å². The first kappa shape index (κ1) is 11.3. The number of nitrogens with one attached hydrogen (secondary N) is 2. The zero-order valence-corrected chi connectivity index (χ0v) is 9.65. The number of aromatic nitrogens is 4. The lowest BCUT2D eigenvalue weighted by atomic mass is 10.2. The molecule has 1 amide bonds. The number of H-pyrrole nitrogens is 1. The summed E-state index contributed by atoms with van der Waals surface area (Å²) in [5, 5.41) is 13.2. The first-order valence-electron chi connectivity index (χ1n) is 5.23. The van der Waals surface area contributed by atoms with Crippen LogP contribution in [0.1, 0.15) is 27.6 Å². The van der Waals surface area contributed by atoms with Crippen LogP contribution in [-0.4, -0.2) is 32.8 Å². The second-order valence-corrected chi connectivity index (χ2v) is 3.66. The summed E-state index contributed by atoms with van der Waals surface area (Å²) in [4.78, 5) is 15.7. The molecular weight excluding hydrogens is 222 g/mol. The van der Waals surface area contributed by atoms with Crippen LogP contribution in [0, 0.1) is 13.8 Å². The molecule has 0 aliphatic rings. The minimum atomic E-state index is -0.141. The molecule has 0 saturated carbocycles. The van der Waals surface area contributed by atoms with E-state index in [1.807, 2.05) is 6.92 Å². The van der Waals surface area contributed by atoms with Crippen molar-refractivity contribution in [1.82, 2.24) is 25.7 Å². The fraction of sp³-hybridized carbons (Fsp3) is 0.400. The Morgan fingerprint density at radius 2 is 2.35 bits per heavy atom. The molecule has 7 heteroatoms. The normalized spacial score (nSPS) is 10.5. The Balaban J connectivity index is 1.90. The van der Waals surface area contributed by atoms with Crippen molar-refractivity contribution in [3.8, 4) is 0 Å². The van der Waals surface area contributed by atoms with E-state index in [0.717, 1.165) is 5.69 Å². The van der Waals surface area contributed by atoms with Gasteiger partial charge in [0.25, 0.3) is 5.91 Å². The largest absolute Gasteiger partial charge is 0.351 e.